The van der Waals surface area contributed by atoms with Gasteiger partial charge in [-0.3, -0.25) is 15.4 Å². The lowest BCUT2D eigenvalue weighted by Crippen LogP contribution is -1.95. The highest BCUT2D eigenvalue weighted by Crippen LogP contribution is 2.38. The second-order valence-corrected chi connectivity index (χ2v) is 6.32. The summed E-state index contributed by atoms with van der Waals surface area (Å²) in [4.78, 5) is 8.96. The molecule has 4 aromatic rings. The van der Waals surface area contributed by atoms with Gasteiger partial charge in [0.1, 0.15) is 0 Å². The molecule has 0 bridgehead atoms. The van der Waals surface area contributed by atoms with E-state index in [0.29, 0.717) is 0 Å². The average Bonchev–Trinajstić information content (AvgIpc) is 3.14. The minimum atomic E-state index is 0.237. The van der Waals surface area contributed by atoms with Gasteiger partial charge in [-0.25, -0.2) is 0 Å². The zero-order chi connectivity index (χ0) is 18.2. The number of hydrogen-bond donors (Lipinski definition) is 1. The first-order chi connectivity index (χ1) is 13.3. The lowest BCUT2D eigenvalue weighted by atomic mass is 10.1. The third-order valence-corrected chi connectivity index (χ3v) is 4.50. The van der Waals surface area contributed by atoms with Crippen LogP contribution in [0, 0.1) is 6.92 Å². The number of rotatable bonds is 3. The van der Waals surface area contributed by atoms with Crippen LogP contribution in [0.5, 0.6) is 11.5 Å². The summed E-state index contributed by atoms with van der Waals surface area (Å²) in [6.07, 6.45) is 3.59. The molecule has 2 aromatic carbocycles. The number of para-hydroxylation sites is 1. The van der Waals surface area contributed by atoms with Crippen molar-refractivity contribution in [2.24, 2.45) is 5.10 Å². The van der Waals surface area contributed by atoms with Crippen molar-refractivity contribution in [2.75, 3.05) is 12.2 Å². The van der Waals surface area contributed by atoms with Crippen molar-refractivity contribution in [1.82, 2.24) is 9.97 Å². The van der Waals surface area contributed by atoms with Crippen LogP contribution in [-0.4, -0.2) is 23.0 Å². The van der Waals surface area contributed by atoms with Gasteiger partial charge < -0.3 is 9.47 Å². The third-order valence-electron chi connectivity index (χ3n) is 4.50. The quantitative estimate of drug-likeness (QED) is 0.439. The number of pyridine rings is 2. The Morgan fingerprint density at radius 3 is 2.78 bits per heavy atom. The standard InChI is InChI=1S/C21H16N4O2/c1-13-8-19(16-9-20-21(27-12-26-20)10-18(16)24-13)25-23-11-14-6-7-22-17-5-3-2-4-15(14)17/h2-11H,12H2,1H3,(H,24,25)/b23-11-. The van der Waals surface area contributed by atoms with Gasteiger partial charge in [-0.2, -0.15) is 5.10 Å². The van der Waals surface area contributed by atoms with E-state index >= 15 is 0 Å². The van der Waals surface area contributed by atoms with Gasteiger partial charge in [0, 0.05) is 34.3 Å². The summed E-state index contributed by atoms with van der Waals surface area (Å²) in [5, 5.41) is 6.44. The predicted molar refractivity (Wildman–Crippen MR) is 106 cm³/mol. The number of anilines is 1. The van der Waals surface area contributed by atoms with Crippen LogP contribution in [0.3, 0.4) is 0 Å². The predicted octanol–water partition coefficient (Wildman–Crippen LogP) is 4.27. The molecule has 0 unspecified atom stereocenters. The molecule has 0 atom stereocenters. The first-order valence-electron chi connectivity index (χ1n) is 8.62. The van der Waals surface area contributed by atoms with Gasteiger partial charge in [0.05, 0.1) is 22.9 Å². The molecule has 6 heteroatoms. The van der Waals surface area contributed by atoms with E-state index in [1.165, 1.54) is 0 Å². The molecule has 3 heterocycles. The Balaban J connectivity index is 1.52. The number of hydrogen-bond acceptors (Lipinski definition) is 6. The molecule has 0 radical (unpaired) electrons. The second kappa shape index (κ2) is 6.25. The fourth-order valence-electron chi connectivity index (χ4n) is 3.24. The zero-order valence-corrected chi connectivity index (χ0v) is 14.6. The van der Waals surface area contributed by atoms with Gasteiger partial charge >= 0.3 is 0 Å². The highest BCUT2D eigenvalue weighted by Gasteiger charge is 2.16. The highest BCUT2D eigenvalue weighted by atomic mass is 16.7. The van der Waals surface area contributed by atoms with E-state index in [1.54, 1.807) is 12.4 Å². The largest absolute Gasteiger partial charge is 0.454 e. The maximum atomic E-state index is 5.49. The van der Waals surface area contributed by atoms with Crippen LogP contribution in [0.25, 0.3) is 21.8 Å². The Bertz CT molecular complexity index is 1200. The van der Waals surface area contributed by atoms with Crippen molar-refractivity contribution < 1.29 is 9.47 Å². The zero-order valence-electron chi connectivity index (χ0n) is 14.6. The molecule has 0 spiro atoms. The topological polar surface area (TPSA) is 68.6 Å². The minimum Gasteiger partial charge on any atom is -0.454 e. The van der Waals surface area contributed by atoms with Crippen LogP contribution in [0.1, 0.15) is 11.3 Å². The lowest BCUT2D eigenvalue weighted by Gasteiger charge is -2.08. The SMILES string of the molecule is Cc1cc(N/N=C\c2ccnc3ccccc23)c2cc3c(cc2n1)OCO3. The fourth-order valence-corrected chi connectivity index (χ4v) is 3.24. The minimum absolute atomic E-state index is 0.237. The normalized spacial score (nSPS) is 12.9. The maximum Gasteiger partial charge on any atom is 0.231 e. The van der Waals surface area contributed by atoms with E-state index in [0.717, 1.165) is 50.2 Å². The first kappa shape index (κ1) is 15.6. The van der Waals surface area contributed by atoms with Crippen molar-refractivity contribution in [2.45, 2.75) is 6.92 Å². The van der Waals surface area contributed by atoms with Crippen LogP contribution in [0.4, 0.5) is 5.69 Å². The van der Waals surface area contributed by atoms with Crippen LogP contribution < -0.4 is 14.9 Å². The molecule has 27 heavy (non-hydrogen) atoms. The monoisotopic (exact) mass is 356 g/mol. The number of aryl methyl sites for hydroxylation is 1. The summed E-state index contributed by atoms with van der Waals surface area (Å²) in [6.45, 7) is 2.19. The number of hydrazone groups is 1. The van der Waals surface area contributed by atoms with Crippen molar-refractivity contribution in [3.63, 3.8) is 0 Å². The molecule has 2 aromatic heterocycles. The molecule has 1 aliphatic rings. The molecule has 6 nitrogen and oxygen atoms in total. The smallest absolute Gasteiger partial charge is 0.231 e. The molecule has 0 fully saturated rings. The third kappa shape index (κ3) is 2.81. The molecule has 5 rings (SSSR count). The van der Waals surface area contributed by atoms with Gasteiger partial charge in [0.15, 0.2) is 11.5 Å². The van der Waals surface area contributed by atoms with E-state index in [-0.39, 0.29) is 6.79 Å². The number of ether oxygens (including phenoxy) is 2. The van der Waals surface area contributed by atoms with Crippen LogP contribution in [-0.2, 0) is 0 Å². The van der Waals surface area contributed by atoms with Crippen molar-refractivity contribution in [1.29, 1.82) is 0 Å². The average molecular weight is 356 g/mol. The molecule has 132 valence electrons. The van der Waals surface area contributed by atoms with Gasteiger partial charge in [0.25, 0.3) is 0 Å². The lowest BCUT2D eigenvalue weighted by molar-refractivity contribution is 0.174. The van der Waals surface area contributed by atoms with Gasteiger partial charge in [-0.15, -0.1) is 0 Å². The Kier molecular flexibility index (Phi) is 3.60. The summed E-state index contributed by atoms with van der Waals surface area (Å²) in [6, 6.07) is 15.7. The molecule has 0 saturated carbocycles. The van der Waals surface area contributed by atoms with Gasteiger partial charge in [-0.05, 0) is 31.2 Å². The van der Waals surface area contributed by atoms with Crippen molar-refractivity contribution >= 4 is 33.7 Å². The van der Waals surface area contributed by atoms with Gasteiger partial charge in [0.2, 0.25) is 6.79 Å². The number of aromatic nitrogens is 2. The van der Waals surface area contributed by atoms with E-state index in [4.69, 9.17) is 9.47 Å². The van der Waals surface area contributed by atoms with Crippen molar-refractivity contribution in [3.05, 3.63) is 66.0 Å². The Morgan fingerprint density at radius 1 is 1.00 bits per heavy atom. The molecule has 0 saturated heterocycles. The van der Waals surface area contributed by atoms with E-state index in [9.17, 15) is 0 Å². The molecular formula is C21H16N4O2. The number of fused-ring (bicyclic) bond motifs is 3. The molecule has 1 aliphatic heterocycles. The van der Waals surface area contributed by atoms with Crippen molar-refractivity contribution in [3.8, 4) is 11.5 Å². The van der Waals surface area contributed by atoms with E-state index < -0.39 is 0 Å². The Hall–Kier alpha value is -3.67. The maximum absolute atomic E-state index is 5.49. The molecule has 1 N–H and O–H groups in total. The van der Waals surface area contributed by atoms with Crippen LogP contribution in [0.2, 0.25) is 0 Å². The van der Waals surface area contributed by atoms with Crippen LogP contribution in [0.15, 0.2) is 59.8 Å². The summed E-state index contributed by atoms with van der Waals surface area (Å²) >= 11 is 0. The molecular weight excluding hydrogens is 340 g/mol. The van der Waals surface area contributed by atoms with Gasteiger partial charge in [-0.1, -0.05) is 18.2 Å². The molecule has 0 amide bonds. The Labute approximate surface area is 155 Å². The summed E-state index contributed by atoms with van der Waals surface area (Å²) in [5.74, 6) is 1.44. The van der Waals surface area contributed by atoms with Crippen LogP contribution >= 0.6 is 0 Å². The Morgan fingerprint density at radius 2 is 1.85 bits per heavy atom. The first-order valence-corrected chi connectivity index (χ1v) is 8.62. The second-order valence-electron chi connectivity index (χ2n) is 6.32. The summed E-state index contributed by atoms with van der Waals surface area (Å²) in [7, 11) is 0. The van der Waals surface area contributed by atoms with E-state index in [1.807, 2.05) is 55.5 Å². The fraction of sp³-hybridized carbons (Fsp3) is 0.0952. The summed E-state index contributed by atoms with van der Waals surface area (Å²) < 4.78 is 10.9. The number of nitrogens with zero attached hydrogens (tertiary/aromatic N) is 3. The molecule has 0 aliphatic carbocycles. The van der Waals surface area contributed by atoms with E-state index in [2.05, 4.69) is 20.5 Å². The summed E-state index contributed by atoms with van der Waals surface area (Å²) in [5.41, 5.74) is 7.69. The number of nitrogens with one attached hydrogen (secondary N) is 1. The highest BCUT2D eigenvalue weighted by molar-refractivity contribution is 5.99. The number of benzene rings is 2.